The molecule has 1 fully saturated rings. The monoisotopic (exact) mass is 318 g/mol. The number of hydrogen-bond donors (Lipinski definition) is 2. The molecule has 0 unspecified atom stereocenters. The summed E-state index contributed by atoms with van der Waals surface area (Å²) >= 11 is 0. The highest BCUT2D eigenvalue weighted by atomic mass is 16.3. The maximum Gasteiger partial charge on any atom is 0.321 e. The summed E-state index contributed by atoms with van der Waals surface area (Å²) in [5.41, 5.74) is 1.53. The lowest BCUT2D eigenvalue weighted by Crippen LogP contribution is -2.60. The van der Waals surface area contributed by atoms with Crippen LogP contribution in [0.3, 0.4) is 0 Å². The van der Waals surface area contributed by atoms with Crippen molar-refractivity contribution >= 4 is 17.6 Å². The summed E-state index contributed by atoms with van der Waals surface area (Å²) < 4.78 is 0. The Kier molecular flexibility index (Phi) is 4.21. The number of urea groups is 1. The van der Waals surface area contributed by atoms with E-state index < -0.39 is 12.1 Å². The van der Waals surface area contributed by atoms with E-state index in [-0.39, 0.29) is 17.9 Å². The molecule has 3 rings (SSSR count). The van der Waals surface area contributed by atoms with Crippen LogP contribution in [0.15, 0.2) is 18.5 Å². The summed E-state index contributed by atoms with van der Waals surface area (Å²) in [6.45, 7) is 5.00. The van der Waals surface area contributed by atoms with Crippen LogP contribution >= 0.6 is 0 Å². The molecule has 3 heterocycles. The molecule has 2 atom stereocenters. The van der Waals surface area contributed by atoms with Crippen LogP contribution in [0, 0.1) is 5.92 Å². The minimum absolute atomic E-state index is 0.0346. The molecule has 2 aliphatic heterocycles. The SMILES string of the molecule is CC[C@H](C)[C@H]1C(=O)Nc2cnccc2CN1C(=O)N1CC(O)C1. The van der Waals surface area contributed by atoms with Crippen molar-refractivity contribution in [3.63, 3.8) is 0 Å². The first-order valence-electron chi connectivity index (χ1n) is 7.98. The Morgan fingerprint density at radius 2 is 2.26 bits per heavy atom. The Bertz CT molecular complexity index is 615. The van der Waals surface area contributed by atoms with Gasteiger partial charge in [-0.05, 0) is 17.5 Å². The van der Waals surface area contributed by atoms with Crippen molar-refractivity contribution in [1.82, 2.24) is 14.8 Å². The molecule has 7 nitrogen and oxygen atoms in total. The van der Waals surface area contributed by atoms with Crippen molar-refractivity contribution in [1.29, 1.82) is 0 Å². The summed E-state index contributed by atoms with van der Waals surface area (Å²) in [6.07, 6.45) is 3.60. The van der Waals surface area contributed by atoms with Crippen LogP contribution in [-0.4, -0.2) is 57.1 Å². The summed E-state index contributed by atoms with van der Waals surface area (Å²) in [4.78, 5) is 32.7. The summed E-state index contributed by atoms with van der Waals surface area (Å²) in [5, 5.41) is 12.3. The van der Waals surface area contributed by atoms with Gasteiger partial charge < -0.3 is 20.2 Å². The van der Waals surface area contributed by atoms with Gasteiger partial charge in [-0.2, -0.15) is 0 Å². The van der Waals surface area contributed by atoms with Gasteiger partial charge in [0.25, 0.3) is 0 Å². The third-order valence-electron chi connectivity index (χ3n) is 4.68. The van der Waals surface area contributed by atoms with Crippen LogP contribution < -0.4 is 5.32 Å². The van der Waals surface area contributed by atoms with Crippen molar-refractivity contribution in [2.24, 2.45) is 5.92 Å². The van der Waals surface area contributed by atoms with Gasteiger partial charge in [-0.1, -0.05) is 20.3 Å². The number of carbonyl (C=O) groups is 2. The van der Waals surface area contributed by atoms with E-state index in [1.165, 1.54) is 0 Å². The van der Waals surface area contributed by atoms with Gasteiger partial charge in [0.05, 0.1) is 37.6 Å². The highest BCUT2D eigenvalue weighted by Gasteiger charge is 2.41. The molecule has 1 saturated heterocycles. The van der Waals surface area contributed by atoms with Crippen molar-refractivity contribution in [3.05, 3.63) is 24.0 Å². The predicted molar refractivity (Wildman–Crippen MR) is 84.6 cm³/mol. The number of pyridine rings is 1. The summed E-state index contributed by atoms with van der Waals surface area (Å²) in [7, 11) is 0. The maximum atomic E-state index is 12.8. The fraction of sp³-hybridized carbons (Fsp3) is 0.562. The molecule has 124 valence electrons. The van der Waals surface area contributed by atoms with Gasteiger partial charge in [0, 0.05) is 6.20 Å². The zero-order valence-electron chi connectivity index (χ0n) is 13.4. The Morgan fingerprint density at radius 3 is 2.91 bits per heavy atom. The molecule has 1 aromatic rings. The average Bonchev–Trinajstić information content (AvgIpc) is 2.66. The number of β-amino-alcohol motifs (C(OH)–C–C–N with tert-alkyl or cyclic N) is 1. The second-order valence-electron chi connectivity index (χ2n) is 6.32. The lowest BCUT2D eigenvalue weighted by atomic mass is 9.96. The van der Waals surface area contributed by atoms with Gasteiger partial charge in [-0.15, -0.1) is 0 Å². The number of hydrogen-bond acceptors (Lipinski definition) is 4. The lowest BCUT2D eigenvalue weighted by Gasteiger charge is -2.42. The van der Waals surface area contributed by atoms with E-state index in [1.807, 2.05) is 19.9 Å². The van der Waals surface area contributed by atoms with E-state index in [0.29, 0.717) is 25.3 Å². The largest absolute Gasteiger partial charge is 0.389 e. The number of carbonyl (C=O) groups excluding carboxylic acids is 2. The number of nitrogens with zero attached hydrogens (tertiary/aromatic N) is 3. The molecule has 2 N–H and O–H groups in total. The molecule has 0 saturated carbocycles. The number of amides is 3. The van der Waals surface area contributed by atoms with Crippen LogP contribution in [0.1, 0.15) is 25.8 Å². The van der Waals surface area contributed by atoms with Crippen molar-refractivity contribution in [2.75, 3.05) is 18.4 Å². The summed E-state index contributed by atoms with van der Waals surface area (Å²) in [6, 6.07) is 1.10. The molecule has 0 bridgehead atoms. The smallest absolute Gasteiger partial charge is 0.321 e. The third-order valence-corrected chi connectivity index (χ3v) is 4.68. The fourth-order valence-corrected chi connectivity index (χ4v) is 3.07. The van der Waals surface area contributed by atoms with E-state index in [1.54, 1.807) is 22.2 Å². The molecule has 3 amide bonds. The number of rotatable bonds is 2. The number of nitrogens with one attached hydrogen (secondary N) is 1. The van der Waals surface area contributed by atoms with Gasteiger partial charge in [0.15, 0.2) is 0 Å². The maximum absolute atomic E-state index is 12.8. The predicted octanol–water partition coefficient (Wildman–Crippen LogP) is 1.05. The first kappa shape index (κ1) is 15.7. The highest BCUT2D eigenvalue weighted by Crippen LogP contribution is 2.28. The van der Waals surface area contributed by atoms with Gasteiger partial charge in [-0.3, -0.25) is 9.78 Å². The van der Waals surface area contributed by atoms with E-state index in [4.69, 9.17) is 0 Å². The molecule has 0 aliphatic carbocycles. The first-order chi connectivity index (χ1) is 11.0. The first-order valence-corrected chi connectivity index (χ1v) is 7.98. The van der Waals surface area contributed by atoms with Gasteiger partial charge in [-0.25, -0.2) is 4.79 Å². The van der Waals surface area contributed by atoms with E-state index in [2.05, 4.69) is 10.3 Å². The third kappa shape index (κ3) is 2.88. The number of anilines is 1. The Hall–Kier alpha value is -2.15. The second-order valence-corrected chi connectivity index (χ2v) is 6.32. The normalized spacial score (nSPS) is 22.7. The van der Waals surface area contributed by atoms with Gasteiger partial charge >= 0.3 is 6.03 Å². The molecule has 0 radical (unpaired) electrons. The molecule has 2 aliphatic rings. The lowest BCUT2D eigenvalue weighted by molar-refractivity contribution is -0.122. The quantitative estimate of drug-likeness (QED) is 0.853. The van der Waals surface area contributed by atoms with E-state index in [9.17, 15) is 14.7 Å². The number of likely N-dealkylation sites (tertiary alicyclic amines) is 1. The second kappa shape index (κ2) is 6.16. The standard InChI is InChI=1S/C16H22N4O3/c1-3-10(2)14-15(22)18-13-6-17-5-4-11(13)7-20(14)16(23)19-8-12(21)9-19/h4-6,10,12,14,21H,3,7-9H2,1-2H3,(H,18,22)/t10-,14-/m0/s1. The molecular formula is C16H22N4O3. The minimum Gasteiger partial charge on any atom is -0.389 e. The van der Waals surface area contributed by atoms with Crippen LogP contribution in [0.5, 0.6) is 0 Å². The van der Waals surface area contributed by atoms with E-state index >= 15 is 0 Å². The molecule has 0 spiro atoms. The Labute approximate surface area is 135 Å². The molecule has 7 heteroatoms. The van der Waals surface area contributed by atoms with Crippen LogP contribution in [0.2, 0.25) is 0 Å². The topological polar surface area (TPSA) is 85.8 Å². The molecule has 1 aromatic heterocycles. The number of aliphatic hydroxyl groups is 1. The molecule has 0 aromatic carbocycles. The van der Waals surface area contributed by atoms with E-state index in [0.717, 1.165) is 12.0 Å². The van der Waals surface area contributed by atoms with Gasteiger partial charge in [0.1, 0.15) is 6.04 Å². The number of fused-ring (bicyclic) bond motifs is 1. The zero-order chi connectivity index (χ0) is 16.6. The average molecular weight is 318 g/mol. The zero-order valence-corrected chi connectivity index (χ0v) is 13.4. The van der Waals surface area contributed by atoms with Crippen molar-refractivity contribution in [3.8, 4) is 0 Å². The van der Waals surface area contributed by atoms with Gasteiger partial charge in [0.2, 0.25) is 5.91 Å². The Morgan fingerprint density at radius 1 is 1.52 bits per heavy atom. The molecular weight excluding hydrogens is 296 g/mol. The van der Waals surface area contributed by atoms with Crippen molar-refractivity contribution in [2.45, 2.75) is 39.0 Å². The Balaban J connectivity index is 1.93. The van der Waals surface area contributed by atoms with Crippen LogP contribution in [0.25, 0.3) is 0 Å². The minimum atomic E-state index is -0.530. The molecule has 23 heavy (non-hydrogen) atoms. The summed E-state index contributed by atoms with van der Waals surface area (Å²) in [5.74, 6) is -0.145. The number of aromatic nitrogens is 1. The highest BCUT2D eigenvalue weighted by molar-refractivity contribution is 5.98. The fourth-order valence-electron chi connectivity index (χ4n) is 3.07. The van der Waals surface area contributed by atoms with Crippen LogP contribution in [0.4, 0.5) is 10.5 Å². The number of aliphatic hydroxyl groups excluding tert-OH is 1. The van der Waals surface area contributed by atoms with Crippen LogP contribution in [-0.2, 0) is 11.3 Å². The van der Waals surface area contributed by atoms with Crippen molar-refractivity contribution < 1.29 is 14.7 Å².